The quantitative estimate of drug-likeness (QED) is 0.843. The molecule has 0 heterocycles. The molecule has 2 aromatic rings. The minimum atomic E-state index is 0.0881. The molecule has 0 aliphatic rings. The fraction of sp³-hybridized carbons (Fsp3) is 0.294. The molecule has 0 aliphatic heterocycles. The second kappa shape index (κ2) is 5.45. The Kier molecular flexibility index (Phi) is 3.89. The molecule has 0 fully saturated rings. The zero-order valence-corrected chi connectivity index (χ0v) is 12.4. The molecule has 0 unspecified atom stereocenters. The average molecular weight is 271 g/mol. The molecule has 3 heteroatoms. The smallest absolute Gasteiger partial charge is 0.150 e. The van der Waals surface area contributed by atoms with Gasteiger partial charge in [-0.2, -0.15) is 0 Å². The molecule has 0 atom stereocenters. The van der Waals surface area contributed by atoms with Crippen LogP contribution in [0, 0.1) is 0 Å². The van der Waals surface area contributed by atoms with E-state index in [0.29, 0.717) is 11.4 Å². The van der Waals surface area contributed by atoms with E-state index in [9.17, 15) is 0 Å². The summed E-state index contributed by atoms with van der Waals surface area (Å²) in [5.41, 5.74) is 7.84. The van der Waals surface area contributed by atoms with E-state index in [2.05, 4.69) is 26.8 Å². The molecule has 2 aromatic carbocycles. The largest absolute Gasteiger partial charge is 0.497 e. The van der Waals surface area contributed by atoms with Gasteiger partial charge in [-0.1, -0.05) is 32.9 Å². The van der Waals surface area contributed by atoms with Gasteiger partial charge in [0.25, 0.3) is 0 Å². The van der Waals surface area contributed by atoms with Crippen molar-refractivity contribution < 1.29 is 9.47 Å². The van der Waals surface area contributed by atoms with Crippen LogP contribution in [0.4, 0.5) is 5.69 Å². The van der Waals surface area contributed by atoms with Gasteiger partial charge >= 0.3 is 0 Å². The molecule has 0 bridgehead atoms. The topological polar surface area (TPSA) is 44.5 Å². The number of nitrogens with two attached hydrogens (primary N) is 1. The Bertz CT molecular complexity index is 600. The SMILES string of the molecule is COc1ccc(Oc2cccc(C(C)(C)C)c2)c(N)c1. The van der Waals surface area contributed by atoms with Gasteiger partial charge in [0.1, 0.15) is 11.5 Å². The summed E-state index contributed by atoms with van der Waals surface area (Å²) >= 11 is 0. The molecule has 2 rings (SSSR count). The number of methoxy groups -OCH3 is 1. The third kappa shape index (κ3) is 3.23. The lowest BCUT2D eigenvalue weighted by Crippen LogP contribution is -2.10. The molecule has 2 N–H and O–H groups in total. The van der Waals surface area contributed by atoms with Crippen LogP contribution in [0.25, 0.3) is 0 Å². The van der Waals surface area contributed by atoms with Crippen LogP contribution in [0.2, 0.25) is 0 Å². The summed E-state index contributed by atoms with van der Waals surface area (Å²) in [6.07, 6.45) is 0. The molecule has 106 valence electrons. The van der Waals surface area contributed by atoms with Gasteiger partial charge in [0.2, 0.25) is 0 Å². The summed E-state index contributed by atoms with van der Waals surface area (Å²) in [7, 11) is 1.61. The molecular weight excluding hydrogens is 250 g/mol. The molecule has 0 saturated heterocycles. The summed E-state index contributed by atoms with van der Waals surface area (Å²) in [6, 6.07) is 13.5. The van der Waals surface area contributed by atoms with E-state index in [1.165, 1.54) is 5.56 Å². The summed E-state index contributed by atoms with van der Waals surface area (Å²) in [6.45, 7) is 6.52. The number of nitrogen functional groups attached to an aromatic ring is 1. The normalized spacial score (nSPS) is 11.2. The van der Waals surface area contributed by atoms with Crippen LogP contribution in [0.15, 0.2) is 42.5 Å². The molecule has 0 aromatic heterocycles. The number of rotatable bonds is 3. The van der Waals surface area contributed by atoms with Crippen molar-refractivity contribution in [3.63, 3.8) is 0 Å². The predicted molar refractivity (Wildman–Crippen MR) is 82.6 cm³/mol. The minimum Gasteiger partial charge on any atom is -0.497 e. The van der Waals surface area contributed by atoms with E-state index < -0.39 is 0 Å². The fourth-order valence-electron chi connectivity index (χ4n) is 1.90. The minimum absolute atomic E-state index is 0.0881. The average Bonchev–Trinajstić information content (AvgIpc) is 2.40. The Labute approximate surface area is 120 Å². The maximum absolute atomic E-state index is 5.96. The van der Waals surface area contributed by atoms with Crippen LogP contribution in [0.1, 0.15) is 26.3 Å². The maximum atomic E-state index is 5.96. The van der Waals surface area contributed by atoms with Gasteiger partial charge in [-0.3, -0.25) is 0 Å². The standard InChI is InChI=1S/C17H21NO2/c1-17(2,3)12-6-5-7-14(10-12)20-16-9-8-13(19-4)11-15(16)18/h5-11H,18H2,1-4H3. The lowest BCUT2D eigenvalue weighted by atomic mass is 9.87. The maximum Gasteiger partial charge on any atom is 0.150 e. The predicted octanol–water partition coefficient (Wildman–Crippen LogP) is 4.37. The van der Waals surface area contributed by atoms with Crippen molar-refractivity contribution in [1.82, 2.24) is 0 Å². The van der Waals surface area contributed by atoms with E-state index in [4.69, 9.17) is 15.2 Å². The van der Waals surface area contributed by atoms with Gasteiger partial charge in [0, 0.05) is 6.07 Å². The van der Waals surface area contributed by atoms with E-state index in [0.717, 1.165) is 11.5 Å². The first-order chi connectivity index (χ1) is 9.40. The van der Waals surface area contributed by atoms with Gasteiger partial charge in [-0.25, -0.2) is 0 Å². The summed E-state index contributed by atoms with van der Waals surface area (Å²) in [5.74, 6) is 2.14. The lowest BCUT2D eigenvalue weighted by Gasteiger charge is -2.20. The summed E-state index contributed by atoms with van der Waals surface area (Å²) in [4.78, 5) is 0. The van der Waals surface area contributed by atoms with Gasteiger partial charge in [-0.05, 0) is 35.2 Å². The Morgan fingerprint density at radius 1 is 0.950 bits per heavy atom. The van der Waals surface area contributed by atoms with Crippen LogP contribution in [0.3, 0.4) is 0 Å². The number of anilines is 1. The van der Waals surface area contributed by atoms with Crippen molar-refractivity contribution in [1.29, 1.82) is 0 Å². The highest BCUT2D eigenvalue weighted by Crippen LogP contribution is 2.32. The molecule has 20 heavy (non-hydrogen) atoms. The lowest BCUT2D eigenvalue weighted by molar-refractivity contribution is 0.413. The zero-order chi connectivity index (χ0) is 14.8. The van der Waals surface area contributed by atoms with Crippen molar-refractivity contribution in [2.75, 3.05) is 12.8 Å². The third-order valence-corrected chi connectivity index (χ3v) is 3.14. The molecule has 0 amide bonds. The Morgan fingerprint density at radius 3 is 2.30 bits per heavy atom. The van der Waals surface area contributed by atoms with Crippen molar-refractivity contribution in [3.05, 3.63) is 48.0 Å². The van der Waals surface area contributed by atoms with Crippen LogP contribution < -0.4 is 15.2 Å². The molecule has 0 aliphatic carbocycles. The van der Waals surface area contributed by atoms with E-state index in [1.54, 1.807) is 13.2 Å². The molecule has 0 saturated carbocycles. The first kappa shape index (κ1) is 14.3. The van der Waals surface area contributed by atoms with Gasteiger partial charge in [0.15, 0.2) is 5.75 Å². The highest BCUT2D eigenvalue weighted by molar-refractivity contribution is 5.57. The first-order valence-electron chi connectivity index (χ1n) is 6.62. The molecule has 0 radical (unpaired) electrons. The van der Waals surface area contributed by atoms with Crippen LogP contribution in [-0.4, -0.2) is 7.11 Å². The monoisotopic (exact) mass is 271 g/mol. The highest BCUT2D eigenvalue weighted by Gasteiger charge is 2.14. The highest BCUT2D eigenvalue weighted by atomic mass is 16.5. The van der Waals surface area contributed by atoms with E-state index >= 15 is 0 Å². The van der Waals surface area contributed by atoms with Crippen LogP contribution in [-0.2, 0) is 5.41 Å². The Balaban J connectivity index is 2.26. The second-order valence-corrected chi connectivity index (χ2v) is 5.78. The second-order valence-electron chi connectivity index (χ2n) is 5.78. The summed E-state index contributed by atoms with van der Waals surface area (Å²) in [5, 5.41) is 0. The number of hydrogen-bond donors (Lipinski definition) is 1. The van der Waals surface area contributed by atoms with Gasteiger partial charge in [-0.15, -0.1) is 0 Å². The van der Waals surface area contributed by atoms with Crippen molar-refractivity contribution in [3.8, 4) is 17.2 Å². The fourth-order valence-corrected chi connectivity index (χ4v) is 1.90. The Morgan fingerprint density at radius 2 is 1.70 bits per heavy atom. The Hall–Kier alpha value is -2.16. The number of hydrogen-bond acceptors (Lipinski definition) is 3. The van der Waals surface area contributed by atoms with Crippen molar-refractivity contribution in [2.45, 2.75) is 26.2 Å². The van der Waals surface area contributed by atoms with Gasteiger partial charge < -0.3 is 15.2 Å². The van der Waals surface area contributed by atoms with Crippen LogP contribution in [0.5, 0.6) is 17.2 Å². The van der Waals surface area contributed by atoms with Crippen molar-refractivity contribution in [2.24, 2.45) is 0 Å². The zero-order valence-electron chi connectivity index (χ0n) is 12.4. The third-order valence-electron chi connectivity index (χ3n) is 3.14. The van der Waals surface area contributed by atoms with E-state index in [-0.39, 0.29) is 5.41 Å². The number of benzene rings is 2. The van der Waals surface area contributed by atoms with E-state index in [1.807, 2.05) is 30.3 Å². The summed E-state index contributed by atoms with van der Waals surface area (Å²) < 4.78 is 11.0. The molecule has 3 nitrogen and oxygen atoms in total. The van der Waals surface area contributed by atoms with Crippen LogP contribution >= 0.6 is 0 Å². The van der Waals surface area contributed by atoms with Crippen molar-refractivity contribution >= 4 is 5.69 Å². The molecule has 0 spiro atoms. The first-order valence-corrected chi connectivity index (χ1v) is 6.62. The number of ether oxygens (including phenoxy) is 2. The molecular formula is C17H21NO2. The van der Waals surface area contributed by atoms with Gasteiger partial charge in [0.05, 0.1) is 12.8 Å².